The minimum atomic E-state index is -4.56. The van der Waals surface area contributed by atoms with Gasteiger partial charge in [-0.2, -0.15) is 0 Å². The molecule has 0 aromatic carbocycles. The average molecular weight is 547 g/mol. The quantitative estimate of drug-likeness (QED) is 0.0740. The average Bonchev–Trinajstić information content (AvgIpc) is 2.81. The van der Waals surface area contributed by atoms with Crippen LogP contribution in [-0.4, -0.2) is 68.5 Å². The van der Waals surface area contributed by atoms with Gasteiger partial charge in [0.05, 0.1) is 39.9 Å². The van der Waals surface area contributed by atoms with Crippen molar-refractivity contribution >= 4 is 13.7 Å². The van der Waals surface area contributed by atoms with Gasteiger partial charge < -0.3 is 28.8 Å². The third kappa shape index (κ3) is 23.8. The van der Waals surface area contributed by atoms with E-state index in [0.29, 0.717) is 17.4 Å². The number of phosphoric ester groups is 1. The zero-order valence-corrected chi connectivity index (χ0v) is 25.1. The second-order valence-corrected chi connectivity index (χ2v) is 12.2. The molecule has 0 bridgehead atoms. The molecule has 0 aliphatic rings. The fraction of sp³-hybridized carbons (Fsp3) is 0.821. The molecule has 0 aliphatic carbocycles. The van der Waals surface area contributed by atoms with Gasteiger partial charge in [-0.3, -0.25) is 9.36 Å². The number of likely N-dealkylation sites (N-methyl/N-ethyl adjacent to an activating group) is 1. The highest BCUT2D eigenvalue weighted by molar-refractivity contribution is 7.45. The number of hydrogen-bond donors (Lipinski definition) is 2. The lowest BCUT2D eigenvalue weighted by atomic mass is 10.1. The summed E-state index contributed by atoms with van der Waals surface area (Å²) in [6.45, 7) is 4.37. The monoisotopic (exact) mass is 546 g/mol. The van der Waals surface area contributed by atoms with Crippen LogP contribution in [0.3, 0.4) is 0 Å². The summed E-state index contributed by atoms with van der Waals surface area (Å²) >= 11 is 0. The summed E-state index contributed by atoms with van der Waals surface area (Å²) in [5.41, 5.74) is 0. The highest BCUT2D eigenvalue weighted by Crippen LogP contribution is 2.38. The SMILES string of the molecule is CCCCCCCC/C=C/CC/C=C/C(O)C(COP(=O)([O-])OCC[N+](C)(C)C)NC(=O)CCCCC. The standard InChI is InChI=1S/C28H55N2O6P/c1-6-8-10-11-12-13-14-15-16-17-18-20-21-27(31)26(29-28(32)22-19-9-7-2)25-36-37(33,34)35-24-23-30(3,4)5/h15-16,20-21,26-27,31H,6-14,17-19,22-25H2,1-5H3,(H-,29,32,33,34)/b16-15+,21-20+. The molecule has 2 N–H and O–H groups in total. The number of aliphatic hydroxyl groups excluding tert-OH is 1. The van der Waals surface area contributed by atoms with Crippen molar-refractivity contribution in [3.8, 4) is 0 Å². The molecule has 0 spiro atoms. The van der Waals surface area contributed by atoms with E-state index in [1.165, 1.54) is 38.5 Å². The van der Waals surface area contributed by atoms with Crippen molar-refractivity contribution in [1.82, 2.24) is 5.32 Å². The highest BCUT2D eigenvalue weighted by Gasteiger charge is 2.23. The first-order chi connectivity index (χ1) is 17.5. The number of nitrogens with one attached hydrogen (secondary N) is 1. The maximum Gasteiger partial charge on any atom is 0.268 e. The van der Waals surface area contributed by atoms with Gasteiger partial charge in [0.1, 0.15) is 13.2 Å². The van der Waals surface area contributed by atoms with Crippen molar-refractivity contribution < 1.29 is 32.9 Å². The predicted octanol–water partition coefficient (Wildman–Crippen LogP) is 5.26. The Balaban J connectivity index is 4.64. The van der Waals surface area contributed by atoms with Crippen molar-refractivity contribution in [2.24, 2.45) is 0 Å². The molecular formula is C28H55N2O6P. The number of aliphatic hydroxyl groups is 1. The van der Waals surface area contributed by atoms with Gasteiger partial charge >= 0.3 is 0 Å². The Hall–Kier alpha value is -1.02. The summed E-state index contributed by atoms with van der Waals surface area (Å²) in [6, 6.07) is -0.891. The second kappa shape index (κ2) is 21.9. The molecule has 3 unspecified atom stereocenters. The lowest BCUT2D eigenvalue weighted by molar-refractivity contribution is -0.870. The molecule has 3 atom stereocenters. The Labute approximate surface area is 226 Å². The Morgan fingerprint density at radius 3 is 2.19 bits per heavy atom. The van der Waals surface area contributed by atoms with Crippen molar-refractivity contribution in [2.45, 2.75) is 109 Å². The molecular weight excluding hydrogens is 491 g/mol. The predicted molar refractivity (Wildman–Crippen MR) is 150 cm³/mol. The first kappa shape index (κ1) is 36.0. The molecule has 0 rings (SSSR count). The molecule has 218 valence electrons. The summed E-state index contributed by atoms with van der Waals surface area (Å²) in [7, 11) is 1.23. The van der Waals surface area contributed by atoms with Gasteiger partial charge in [0, 0.05) is 6.42 Å². The number of carbonyl (C=O) groups is 1. The first-order valence-corrected chi connectivity index (χ1v) is 15.7. The fourth-order valence-electron chi connectivity index (χ4n) is 3.52. The van der Waals surface area contributed by atoms with Crippen molar-refractivity contribution in [1.29, 1.82) is 0 Å². The number of quaternary nitrogens is 1. The summed E-state index contributed by atoms with van der Waals surface area (Å²) in [6.07, 6.45) is 20.1. The van der Waals surface area contributed by atoms with E-state index in [-0.39, 0.29) is 12.5 Å². The third-order valence-corrected chi connectivity index (χ3v) is 6.88. The molecule has 0 heterocycles. The lowest BCUT2D eigenvalue weighted by Crippen LogP contribution is -2.45. The molecule has 0 saturated carbocycles. The van der Waals surface area contributed by atoms with E-state index in [2.05, 4.69) is 31.3 Å². The van der Waals surface area contributed by atoms with Crippen LogP contribution in [0, 0.1) is 0 Å². The first-order valence-electron chi connectivity index (χ1n) is 14.2. The molecule has 0 aromatic heterocycles. The minimum absolute atomic E-state index is 0.00679. The number of hydrogen-bond acceptors (Lipinski definition) is 6. The van der Waals surface area contributed by atoms with Gasteiger partial charge in [-0.15, -0.1) is 0 Å². The molecule has 1 amide bonds. The summed E-state index contributed by atoms with van der Waals surface area (Å²) in [5, 5.41) is 13.4. The van der Waals surface area contributed by atoms with E-state index in [1.807, 2.05) is 27.2 Å². The number of nitrogens with zero attached hydrogens (tertiary/aromatic N) is 1. The topological polar surface area (TPSA) is 108 Å². The van der Waals surface area contributed by atoms with Crippen LogP contribution in [0.15, 0.2) is 24.3 Å². The van der Waals surface area contributed by atoms with Crippen LogP contribution in [0.2, 0.25) is 0 Å². The Morgan fingerprint density at radius 1 is 0.919 bits per heavy atom. The Kier molecular flexibility index (Phi) is 21.3. The van der Waals surface area contributed by atoms with Crippen LogP contribution in [-0.2, 0) is 18.4 Å². The van der Waals surface area contributed by atoms with Crippen LogP contribution in [0.1, 0.15) is 97.3 Å². The van der Waals surface area contributed by atoms with Gasteiger partial charge in [0.25, 0.3) is 7.82 Å². The van der Waals surface area contributed by atoms with E-state index < -0.39 is 26.6 Å². The van der Waals surface area contributed by atoms with E-state index in [1.54, 1.807) is 6.08 Å². The maximum absolute atomic E-state index is 12.3. The van der Waals surface area contributed by atoms with E-state index in [0.717, 1.165) is 38.5 Å². The highest BCUT2D eigenvalue weighted by atomic mass is 31.2. The van der Waals surface area contributed by atoms with Crippen LogP contribution < -0.4 is 10.2 Å². The van der Waals surface area contributed by atoms with Crippen LogP contribution >= 0.6 is 7.82 Å². The molecule has 0 aromatic rings. The Morgan fingerprint density at radius 2 is 1.51 bits per heavy atom. The number of carbonyl (C=O) groups excluding carboxylic acids is 1. The minimum Gasteiger partial charge on any atom is -0.756 e. The van der Waals surface area contributed by atoms with Crippen molar-refractivity contribution in [2.75, 3.05) is 40.9 Å². The normalized spacial score (nSPS) is 15.8. The fourth-order valence-corrected chi connectivity index (χ4v) is 4.24. The zero-order chi connectivity index (χ0) is 28.0. The van der Waals surface area contributed by atoms with Gasteiger partial charge in [-0.05, 0) is 32.1 Å². The van der Waals surface area contributed by atoms with Gasteiger partial charge in [0.2, 0.25) is 5.91 Å². The van der Waals surface area contributed by atoms with E-state index in [9.17, 15) is 19.4 Å². The summed E-state index contributed by atoms with van der Waals surface area (Å²) in [5.74, 6) is -0.237. The molecule has 9 heteroatoms. The van der Waals surface area contributed by atoms with Crippen LogP contribution in [0.25, 0.3) is 0 Å². The second-order valence-electron chi connectivity index (χ2n) is 10.7. The largest absolute Gasteiger partial charge is 0.756 e. The molecule has 0 radical (unpaired) electrons. The molecule has 37 heavy (non-hydrogen) atoms. The van der Waals surface area contributed by atoms with Gasteiger partial charge in [-0.1, -0.05) is 83.1 Å². The number of allylic oxidation sites excluding steroid dienone is 3. The van der Waals surface area contributed by atoms with Gasteiger partial charge in [0.15, 0.2) is 0 Å². The van der Waals surface area contributed by atoms with E-state index >= 15 is 0 Å². The van der Waals surface area contributed by atoms with E-state index in [4.69, 9.17) is 9.05 Å². The number of amides is 1. The number of unbranched alkanes of at least 4 members (excludes halogenated alkanes) is 9. The van der Waals surface area contributed by atoms with Crippen molar-refractivity contribution in [3.05, 3.63) is 24.3 Å². The summed E-state index contributed by atoms with van der Waals surface area (Å²) < 4.78 is 22.7. The summed E-state index contributed by atoms with van der Waals surface area (Å²) in [4.78, 5) is 24.5. The molecule has 8 nitrogen and oxygen atoms in total. The number of rotatable bonds is 24. The Bertz CT molecular complexity index is 678. The molecule has 0 aliphatic heterocycles. The van der Waals surface area contributed by atoms with Gasteiger partial charge in [-0.25, -0.2) is 0 Å². The third-order valence-electron chi connectivity index (χ3n) is 5.91. The number of phosphoric acid groups is 1. The smallest absolute Gasteiger partial charge is 0.268 e. The zero-order valence-electron chi connectivity index (χ0n) is 24.2. The van der Waals surface area contributed by atoms with Crippen molar-refractivity contribution in [3.63, 3.8) is 0 Å². The van der Waals surface area contributed by atoms with Crippen LogP contribution in [0.5, 0.6) is 0 Å². The van der Waals surface area contributed by atoms with Crippen LogP contribution in [0.4, 0.5) is 0 Å². The molecule has 0 saturated heterocycles. The maximum atomic E-state index is 12.3. The molecule has 0 fully saturated rings. The lowest BCUT2D eigenvalue weighted by Gasteiger charge is -2.29.